The molecule has 1 heterocycles. The number of likely N-dealkylation sites (tertiary alicyclic amines) is 1. The largest absolute Gasteiger partial charge is 0.384 e. The van der Waals surface area contributed by atoms with Crippen LogP contribution in [0, 0.1) is 11.3 Å². The number of aryl methyl sites for hydroxylation is 1. The Morgan fingerprint density at radius 1 is 1.11 bits per heavy atom. The monoisotopic (exact) mass is 523 g/mol. The summed E-state index contributed by atoms with van der Waals surface area (Å²) in [6.07, 6.45) is 1.77. The molecule has 0 spiro atoms. The molecule has 6 N–H and O–H groups in total. The van der Waals surface area contributed by atoms with Crippen LogP contribution >= 0.6 is 24.8 Å². The Labute approximate surface area is 219 Å². The van der Waals surface area contributed by atoms with Crippen molar-refractivity contribution < 1.29 is 14.3 Å². The number of hydrogen-bond acceptors (Lipinski definition) is 5. The maximum Gasteiger partial charge on any atom is 0.243 e. The smallest absolute Gasteiger partial charge is 0.243 e. The molecule has 3 rings (SSSR count). The third kappa shape index (κ3) is 8.50. The fourth-order valence-electron chi connectivity index (χ4n) is 4.18. The maximum atomic E-state index is 13.2. The lowest BCUT2D eigenvalue weighted by atomic mass is 10.0. The van der Waals surface area contributed by atoms with Crippen molar-refractivity contribution in [3.8, 4) is 0 Å². The van der Waals surface area contributed by atoms with E-state index in [-0.39, 0.29) is 48.4 Å². The number of rotatable bonds is 10. The SMILES string of the molecule is COC[C@H]1C[C@@H](C(=O)NCc2ccc(C(=N)N)cc2)N(C(=O)C(N)CCc2ccccc2)C1.Cl.Cl. The number of ether oxygens (including phenoxy) is 1. The third-order valence-corrected chi connectivity index (χ3v) is 6.01. The van der Waals surface area contributed by atoms with Crippen LogP contribution in [0.1, 0.15) is 29.5 Å². The molecule has 1 unspecified atom stereocenters. The Morgan fingerprint density at radius 3 is 2.37 bits per heavy atom. The minimum atomic E-state index is -0.666. The van der Waals surface area contributed by atoms with Gasteiger partial charge < -0.3 is 26.4 Å². The molecule has 8 nitrogen and oxygen atoms in total. The zero-order chi connectivity index (χ0) is 23.8. The molecule has 0 aliphatic carbocycles. The zero-order valence-electron chi connectivity index (χ0n) is 19.8. The second-order valence-corrected chi connectivity index (χ2v) is 8.52. The quantitative estimate of drug-likeness (QED) is 0.279. The topological polar surface area (TPSA) is 135 Å². The third-order valence-electron chi connectivity index (χ3n) is 6.01. The first-order valence-electron chi connectivity index (χ1n) is 11.2. The number of halogens is 2. The highest BCUT2D eigenvalue weighted by molar-refractivity contribution is 5.95. The molecular weight excluding hydrogens is 489 g/mol. The van der Waals surface area contributed by atoms with Gasteiger partial charge in [0, 0.05) is 31.7 Å². The van der Waals surface area contributed by atoms with Crippen LogP contribution in [0.2, 0.25) is 0 Å². The first-order chi connectivity index (χ1) is 15.9. The number of nitrogens with two attached hydrogens (primary N) is 2. The van der Waals surface area contributed by atoms with Crippen LogP contribution in [0.25, 0.3) is 0 Å². The minimum Gasteiger partial charge on any atom is -0.384 e. The summed E-state index contributed by atoms with van der Waals surface area (Å²) in [4.78, 5) is 27.8. The van der Waals surface area contributed by atoms with Gasteiger partial charge in [-0.05, 0) is 30.4 Å². The molecule has 2 aromatic carbocycles. The highest BCUT2D eigenvalue weighted by Crippen LogP contribution is 2.25. The summed E-state index contributed by atoms with van der Waals surface area (Å²) in [5.74, 6) is -0.312. The van der Waals surface area contributed by atoms with E-state index >= 15 is 0 Å². The normalized spacial score (nSPS) is 17.6. The molecule has 0 radical (unpaired) electrons. The van der Waals surface area contributed by atoms with Crippen LogP contribution in [-0.2, 0) is 27.3 Å². The molecule has 2 aromatic rings. The molecular formula is C25H35Cl2N5O3. The number of amidine groups is 1. The number of benzene rings is 2. The first kappa shape index (κ1) is 30.4. The Balaban J connectivity index is 0.00000306. The van der Waals surface area contributed by atoms with Gasteiger partial charge >= 0.3 is 0 Å². The molecule has 1 aliphatic rings. The van der Waals surface area contributed by atoms with E-state index in [1.807, 2.05) is 42.5 Å². The van der Waals surface area contributed by atoms with Crippen LogP contribution in [-0.4, -0.2) is 54.9 Å². The van der Waals surface area contributed by atoms with Crippen LogP contribution in [0.5, 0.6) is 0 Å². The van der Waals surface area contributed by atoms with Crippen molar-refractivity contribution in [1.29, 1.82) is 5.41 Å². The average molecular weight is 524 g/mol. The Morgan fingerprint density at radius 2 is 1.77 bits per heavy atom. The van der Waals surface area contributed by atoms with Crippen LogP contribution in [0.3, 0.4) is 0 Å². The van der Waals surface area contributed by atoms with Gasteiger partial charge in [0.1, 0.15) is 11.9 Å². The number of nitrogens with one attached hydrogen (secondary N) is 2. The van der Waals surface area contributed by atoms with E-state index in [4.69, 9.17) is 21.6 Å². The Hall–Kier alpha value is -2.65. The van der Waals surface area contributed by atoms with E-state index in [0.717, 1.165) is 11.1 Å². The standard InChI is InChI=1S/C25H33N5O3.2ClH/c1-33-16-19-13-22(24(31)29-14-18-7-10-20(11-8-18)23(27)28)30(15-19)25(32)21(26)12-9-17-5-3-2-4-6-17;;/h2-8,10-11,19,21-22H,9,12-16,26H2,1H3,(H3,27,28)(H,29,31);2*1H/t19-,21?,22-;;/m0../s1. The summed E-state index contributed by atoms with van der Waals surface area (Å²) >= 11 is 0. The fraction of sp³-hybridized carbons (Fsp3) is 0.400. The maximum absolute atomic E-state index is 13.2. The van der Waals surface area contributed by atoms with Crippen molar-refractivity contribution in [2.75, 3.05) is 20.3 Å². The van der Waals surface area contributed by atoms with Gasteiger partial charge in [0.25, 0.3) is 0 Å². The molecule has 0 aromatic heterocycles. The average Bonchev–Trinajstić information content (AvgIpc) is 3.25. The second kappa shape index (κ2) is 14.7. The van der Waals surface area contributed by atoms with Crippen molar-refractivity contribution in [2.24, 2.45) is 17.4 Å². The summed E-state index contributed by atoms with van der Waals surface area (Å²) in [7, 11) is 1.62. The molecule has 0 bridgehead atoms. The molecule has 2 amide bonds. The fourth-order valence-corrected chi connectivity index (χ4v) is 4.18. The van der Waals surface area contributed by atoms with E-state index in [9.17, 15) is 9.59 Å². The number of methoxy groups -OCH3 is 1. The van der Waals surface area contributed by atoms with E-state index < -0.39 is 12.1 Å². The van der Waals surface area contributed by atoms with Gasteiger partial charge in [-0.25, -0.2) is 0 Å². The molecule has 3 atom stereocenters. The van der Waals surface area contributed by atoms with Gasteiger partial charge in [0.05, 0.1) is 12.6 Å². The first-order valence-corrected chi connectivity index (χ1v) is 11.2. The lowest BCUT2D eigenvalue weighted by Gasteiger charge is -2.27. The van der Waals surface area contributed by atoms with Crippen molar-refractivity contribution in [2.45, 2.75) is 37.9 Å². The number of carbonyl (C=O) groups excluding carboxylic acids is 2. The number of nitrogen functional groups attached to an aromatic ring is 1. The van der Waals surface area contributed by atoms with Crippen molar-refractivity contribution in [3.05, 3.63) is 71.3 Å². The van der Waals surface area contributed by atoms with Crippen LogP contribution in [0.4, 0.5) is 0 Å². The number of nitrogens with zero attached hydrogens (tertiary/aromatic N) is 1. The predicted octanol–water partition coefficient (Wildman–Crippen LogP) is 2.25. The van der Waals surface area contributed by atoms with Gasteiger partial charge in [0.2, 0.25) is 11.8 Å². The van der Waals surface area contributed by atoms with Crippen molar-refractivity contribution >= 4 is 42.5 Å². The van der Waals surface area contributed by atoms with Crippen molar-refractivity contribution in [1.82, 2.24) is 10.2 Å². The number of hydrogen-bond donors (Lipinski definition) is 4. The molecule has 1 fully saturated rings. The molecule has 35 heavy (non-hydrogen) atoms. The summed E-state index contributed by atoms with van der Waals surface area (Å²) in [5.41, 5.74) is 14.4. The predicted molar refractivity (Wildman–Crippen MR) is 142 cm³/mol. The van der Waals surface area contributed by atoms with Gasteiger partial charge in [-0.3, -0.25) is 15.0 Å². The van der Waals surface area contributed by atoms with Crippen LogP contribution < -0.4 is 16.8 Å². The van der Waals surface area contributed by atoms with E-state index in [1.54, 1.807) is 24.1 Å². The van der Waals surface area contributed by atoms with E-state index in [1.165, 1.54) is 0 Å². The molecule has 0 saturated carbocycles. The summed E-state index contributed by atoms with van der Waals surface area (Å²) < 4.78 is 5.28. The summed E-state index contributed by atoms with van der Waals surface area (Å²) in [6, 6.07) is 15.8. The Bertz CT molecular complexity index is 959. The molecule has 10 heteroatoms. The van der Waals surface area contributed by atoms with Gasteiger partial charge in [0.15, 0.2) is 0 Å². The molecule has 1 aliphatic heterocycles. The van der Waals surface area contributed by atoms with Crippen LogP contribution in [0.15, 0.2) is 54.6 Å². The summed E-state index contributed by atoms with van der Waals surface area (Å²) in [5, 5.41) is 10.4. The summed E-state index contributed by atoms with van der Waals surface area (Å²) in [6.45, 7) is 1.26. The highest BCUT2D eigenvalue weighted by Gasteiger charge is 2.40. The van der Waals surface area contributed by atoms with E-state index in [2.05, 4.69) is 5.32 Å². The molecule has 192 valence electrons. The van der Waals surface area contributed by atoms with Gasteiger partial charge in [-0.15, -0.1) is 24.8 Å². The lowest BCUT2D eigenvalue weighted by Crippen LogP contribution is -2.51. The Kier molecular flexibility index (Phi) is 12.7. The van der Waals surface area contributed by atoms with E-state index in [0.29, 0.717) is 44.5 Å². The number of carbonyl (C=O) groups is 2. The molecule has 1 saturated heterocycles. The second-order valence-electron chi connectivity index (χ2n) is 8.52. The number of amides is 2. The van der Waals surface area contributed by atoms with Gasteiger partial charge in [-0.1, -0.05) is 54.6 Å². The lowest BCUT2D eigenvalue weighted by molar-refractivity contribution is -0.139. The van der Waals surface area contributed by atoms with Crippen molar-refractivity contribution in [3.63, 3.8) is 0 Å². The minimum absolute atomic E-state index is 0. The highest BCUT2D eigenvalue weighted by atomic mass is 35.5. The van der Waals surface area contributed by atoms with Gasteiger partial charge in [-0.2, -0.15) is 0 Å². The zero-order valence-corrected chi connectivity index (χ0v) is 21.4.